The maximum absolute atomic E-state index is 12.0. The second-order valence-corrected chi connectivity index (χ2v) is 3.32. The van der Waals surface area contributed by atoms with Crippen LogP contribution in [0.2, 0.25) is 0 Å². The van der Waals surface area contributed by atoms with Crippen LogP contribution >= 0.6 is 11.8 Å². The average Bonchev–Trinajstić information content (AvgIpc) is 1.67. The molecule has 0 aromatic carbocycles. The molecule has 0 atom stereocenters. The molecule has 1 aliphatic heterocycles. The van der Waals surface area contributed by atoms with Gasteiger partial charge in [-0.3, -0.25) is 4.39 Å². The first kappa shape index (κ1) is 6.36. The predicted octanol–water partition coefficient (Wildman–Crippen LogP) is 0.648. The number of halogens is 1. The zero-order chi connectivity index (χ0) is 6.04. The Balaban J connectivity index is 2.33. The van der Waals surface area contributed by atoms with Crippen LogP contribution in [0.15, 0.2) is 0 Å². The van der Waals surface area contributed by atoms with Crippen LogP contribution in [0.25, 0.3) is 0 Å². The van der Waals surface area contributed by atoms with E-state index < -0.39 is 0 Å². The fraction of sp³-hybridized carbons (Fsp3) is 1.00. The summed E-state index contributed by atoms with van der Waals surface area (Å²) in [5, 5.41) is 0. The molecule has 0 radical (unpaired) electrons. The number of rotatable bonds is 2. The molecule has 0 spiro atoms. The molecule has 1 rings (SSSR count). The molecule has 1 nitrogen and oxygen atoms in total. The SMILES string of the molecule is NCC1(CF)CSC1. The van der Waals surface area contributed by atoms with Crippen LogP contribution in [-0.2, 0) is 0 Å². The maximum Gasteiger partial charge on any atom is 0.0978 e. The van der Waals surface area contributed by atoms with Gasteiger partial charge in [-0.15, -0.1) is 0 Å². The summed E-state index contributed by atoms with van der Waals surface area (Å²) >= 11 is 1.77. The highest BCUT2D eigenvalue weighted by molar-refractivity contribution is 8.00. The standard InChI is InChI=1S/C5H10FNS/c6-1-5(2-7)3-8-4-5/h1-4,7H2. The molecule has 48 valence electrons. The van der Waals surface area contributed by atoms with Crippen molar-refractivity contribution in [3.05, 3.63) is 0 Å². The van der Waals surface area contributed by atoms with E-state index in [9.17, 15) is 4.39 Å². The van der Waals surface area contributed by atoms with E-state index in [0.717, 1.165) is 11.5 Å². The molecule has 0 aromatic rings. The smallest absolute Gasteiger partial charge is 0.0978 e. The summed E-state index contributed by atoms with van der Waals surface area (Å²) < 4.78 is 12.0. The van der Waals surface area contributed by atoms with Crippen LogP contribution < -0.4 is 5.73 Å². The Morgan fingerprint density at radius 1 is 1.62 bits per heavy atom. The van der Waals surface area contributed by atoms with Gasteiger partial charge in [-0.2, -0.15) is 11.8 Å². The van der Waals surface area contributed by atoms with Gasteiger partial charge in [0.25, 0.3) is 0 Å². The fourth-order valence-electron chi connectivity index (χ4n) is 0.640. The number of hydrogen-bond acceptors (Lipinski definition) is 2. The molecule has 0 aliphatic carbocycles. The van der Waals surface area contributed by atoms with E-state index >= 15 is 0 Å². The zero-order valence-corrected chi connectivity index (χ0v) is 5.51. The third kappa shape index (κ3) is 0.845. The highest BCUT2D eigenvalue weighted by Gasteiger charge is 2.36. The molecule has 3 heteroatoms. The van der Waals surface area contributed by atoms with Crippen molar-refractivity contribution >= 4 is 11.8 Å². The molecule has 1 heterocycles. The maximum atomic E-state index is 12.0. The Morgan fingerprint density at radius 2 is 2.25 bits per heavy atom. The Kier molecular flexibility index (Phi) is 1.77. The minimum absolute atomic E-state index is 0.120. The molecule has 0 amide bonds. The molecule has 0 unspecified atom stereocenters. The molecule has 1 aliphatic rings. The highest BCUT2D eigenvalue weighted by atomic mass is 32.2. The van der Waals surface area contributed by atoms with Crippen molar-refractivity contribution in [2.45, 2.75) is 0 Å². The van der Waals surface area contributed by atoms with Crippen LogP contribution in [0.1, 0.15) is 0 Å². The van der Waals surface area contributed by atoms with Crippen molar-refractivity contribution in [2.75, 3.05) is 24.7 Å². The predicted molar refractivity (Wildman–Crippen MR) is 34.8 cm³/mol. The van der Waals surface area contributed by atoms with Gasteiger partial charge in [0.05, 0.1) is 6.67 Å². The van der Waals surface area contributed by atoms with E-state index in [1.54, 1.807) is 11.8 Å². The third-order valence-electron chi connectivity index (χ3n) is 1.53. The minimum atomic E-state index is -0.240. The summed E-state index contributed by atoms with van der Waals surface area (Å²) in [6, 6.07) is 0. The van der Waals surface area contributed by atoms with Gasteiger partial charge in [-0.1, -0.05) is 0 Å². The molecule has 0 bridgehead atoms. The van der Waals surface area contributed by atoms with Gasteiger partial charge in [0.2, 0.25) is 0 Å². The van der Waals surface area contributed by atoms with Crippen molar-refractivity contribution in [1.29, 1.82) is 0 Å². The number of thioether (sulfide) groups is 1. The quantitative estimate of drug-likeness (QED) is 0.601. The second kappa shape index (κ2) is 2.23. The van der Waals surface area contributed by atoms with Crippen LogP contribution in [0.4, 0.5) is 4.39 Å². The van der Waals surface area contributed by atoms with Crippen molar-refractivity contribution in [1.82, 2.24) is 0 Å². The number of hydrogen-bond donors (Lipinski definition) is 1. The second-order valence-electron chi connectivity index (χ2n) is 2.33. The van der Waals surface area contributed by atoms with Crippen LogP contribution in [0.5, 0.6) is 0 Å². The van der Waals surface area contributed by atoms with Gasteiger partial charge in [0, 0.05) is 23.5 Å². The summed E-state index contributed by atoms with van der Waals surface area (Å²) in [6.07, 6.45) is 0. The van der Waals surface area contributed by atoms with Gasteiger partial charge in [-0.25, -0.2) is 0 Å². The van der Waals surface area contributed by atoms with Crippen LogP contribution in [0.3, 0.4) is 0 Å². The Hall–Kier alpha value is 0.240. The molecule has 1 saturated heterocycles. The average molecular weight is 135 g/mol. The lowest BCUT2D eigenvalue weighted by Gasteiger charge is -2.37. The molecule has 0 saturated carbocycles. The van der Waals surface area contributed by atoms with Gasteiger partial charge in [0.15, 0.2) is 0 Å². The van der Waals surface area contributed by atoms with Gasteiger partial charge >= 0.3 is 0 Å². The van der Waals surface area contributed by atoms with Crippen molar-refractivity contribution in [3.8, 4) is 0 Å². The minimum Gasteiger partial charge on any atom is -0.330 e. The Morgan fingerprint density at radius 3 is 2.25 bits per heavy atom. The molecular formula is C5H10FNS. The lowest BCUT2D eigenvalue weighted by molar-refractivity contribution is 0.264. The normalized spacial score (nSPS) is 24.8. The monoisotopic (exact) mass is 135 g/mol. The summed E-state index contributed by atoms with van der Waals surface area (Å²) in [7, 11) is 0. The fourth-order valence-corrected chi connectivity index (χ4v) is 1.81. The van der Waals surface area contributed by atoms with E-state index in [2.05, 4.69) is 0 Å². The summed E-state index contributed by atoms with van der Waals surface area (Å²) in [6.45, 7) is 0.271. The lowest BCUT2D eigenvalue weighted by Crippen LogP contribution is -2.44. The third-order valence-corrected chi connectivity index (χ3v) is 3.17. The van der Waals surface area contributed by atoms with E-state index in [1.807, 2.05) is 0 Å². The molecule has 8 heavy (non-hydrogen) atoms. The first-order valence-electron chi connectivity index (χ1n) is 2.67. The van der Waals surface area contributed by atoms with Gasteiger partial charge < -0.3 is 5.73 Å². The lowest BCUT2D eigenvalue weighted by atomic mass is 9.94. The van der Waals surface area contributed by atoms with E-state index in [-0.39, 0.29) is 12.1 Å². The van der Waals surface area contributed by atoms with E-state index in [4.69, 9.17) is 5.73 Å². The van der Waals surface area contributed by atoms with Crippen LogP contribution in [-0.4, -0.2) is 24.7 Å². The van der Waals surface area contributed by atoms with Crippen LogP contribution in [0, 0.1) is 5.41 Å². The first-order valence-corrected chi connectivity index (χ1v) is 3.82. The Bertz CT molecular complexity index is 69.0. The number of alkyl halides is 1. The molecule has 2 N–H and O–H groups in total. The van der Waals surface area contributed by atoms with Gasteiger partial charge in [0.1, 0.15) is 0 Å². The molecule has 0 aromatic heterocycles. The molecule has 1 fully saturated rings. The summed E-state index contributed by atoms with van der Waals surface area (Å²) in [4.78, 5) is 0. The highest BCUT2D eigenvalue weighted by Crippen LogP contribution is 2.36. The van der Waals surface area contributed by atoms with E-state index in [1.165, 1.54) is 0 Å². The number of nitrogens with two attached hydrogens (primary N) is 1. The topological polar surface area (TPSA) is 26.0 Å². The van der Waals surface area contributed by atoms with Gasteiger partial charge in [-0.05, 0) is 0 Å². The first-order chi connectivity index (χ1) is 3.83. The zero-order valence-electron chi connectivity index (χ0n) is 4.69. The summed E-state index contributed by atoms with van der Waals surface area (Å²) in [5.41, 5.74) is 5.21. The van der Waals surface area contributed by atoms with Crippen molar-refractivity contribution < 1.29 is 4.39 Å². The van der Waals surface area contributed by atoms with E-state index in [0.29, 0.717) is 6.54 Å². The largest absolute Gasteiger partial charge is 0.330 e. The van der Waals surface area contributed by atoms with Crippen molar-refractivity contribution in [3.63, 3.8) is 0 Å². The Labute approximate surface area is 52.8 Å². The summed E-state index contributed by atoms with van der Waals surface area (Å²) in [5.74, 6) is 1.83. The van der Waals surface area contributed by atoms with Crippen molar-refractivity contribution in [2.24, 2.45) is 11.1 Å². The molecular weight excluding hydrogens is 125 g/mol.